The fourth-order valence-corrected chi connectivity index (χ4v) is 2.71. The minimum absolute atomic E-state index is 0.273. The highest BCUT2D eigenvalue weighted by Gasteiger charge is 2.26. The quantitative estimate of drug-likeness (QED) is 0.788. The molecule has 96 valence electrons. The molecule has 1 aliphatic rings. The lowest BCUT2D eigenvalue weighted by atomic mass is 9.99. The molecule has 0 radical (unpaired) electrons. The predicted octanol–water partition coefficient (Wildman–Crippen LogP) is 3.36. The molecule has 1 unspecified atom stereocenters. The zero-order chi connectivity index (χ0) is 13.4. The van der Waals surface area contributed by atoms with Gasteiger partial charge in [0, 0.05) is 5.92 Å². The average molecular weight is 254 g/mol. The molecule has 0 aliphatic heterocycles. The van der Waals surface area contributed by atoms with Crippen LogP contribution in [-0.4, -0.2) is 13.6 Å². The third-order valence-corrected chi connectivity index (χ3v) is 3.69. The Bertz CT molecular complexity index is 646. The molecular weight excluding hydrogens is 240 g/mol. The topological polar surface area (TPSA) is 35.5 Å². The molecule has 3 nitrogen and oxygen atoms in total. The number of hydrogen-bond donors (Lipinski definition) is 0. The lowest BCUT2D eigenvalue weighted by molar-refractivity contribution is -0.120. The molecule has 3 heteroatoms. The van der Waals surface area contributed by atoms with E-state index in [2.05, 4.69) is 19.1 Å². The van der Waals surface area contributed by atoms with Gasteiger partial charge >= 0.3 is 0 Å². The fraction of sp³-hybridized carbons (Fsp3) is 0.188. The summed E-state index contributed by atoms with van der Waals surface area (Å²) >= 11 is 0. The zero-order valence-corrected chi connectivity index (χ0v) is 10.8. The van der Waals surface area contributed by atoms with Crippen LogP contribution >= 0.6 is 0 Å². The molecule has 2 aromatic rings. The number of fused-ring (bicyclic) bond motifs is 3. The average Bonchev–Trinajstić information content (AvgIpc) is 2.72. The summed E-state index contributed by atoms with van der Waals surface area (Å²) in [6.45, 7) is 2.60. The Morgan fingerprint density at radius 2 is 1.58 bits per heavy atom. The molecule has 0 fully saturated rings. The normalized spacial score (nSPS) is 15.6. The van der Waals surface area contributed by atoms with E-state index in [9.17, 15) is 4.79 Å². The van der Waals surface area contributed by atoms with Crippen molar-refractivity contribution in [1.82, 2.24) is 0 Å². The minimum Gasteiger partial charge on any atom is -0.497 e. The largest absolute Gasteiger partial charge is 0.497 e. The summed E-state index contributed by atoms with van der Waals surface area (Å²) in [5.41, 5.74) is 4.85. The summed E-state index contributed by atoms with van der Waals surface area (Å²) in [6, 6.07) is 11.9. The van der Waals surface area contributed by atoms with Crippen LogP contribution < -0.4 is 9.47 Å². The van der Waals surface area contributed by atoms with Crippen LogP contribution in [-0.2, 0) is 4.79 Å². The Kier molecular flexibility index (Phi) is 2.75. The molecule has 0 amide bonds. The maximum Gasteiger partial charge on any atom is 0.298 e. The Labute approximate surface area is 111 Å². The Balaban J connectivity index is 2.12. The second-order valence-corrected chi connectivity index (χ2v) is 4.64. The van der Waals surface area contributed by atoms with Crippen LogP contribution in [0, 0.1) is 0 Å². The maximum atomic E-state index is 10.4. The van der Waals surface area contributed by atoms with E-state index in [4.69, 9.17) is 9.47 Å². The summed E-state index contributed by atoms with van der Waals surface area (Å²) < 4.78 is 10.2. The minimum atomic E-state index is 0.273. The van der Waals surface area contributed by atoms with Gasteiger partial charge in [0.05, 0.1) is 7.11 Å². The van der Waals surface area contributed by atoms with E-state index < -0.39 is 0 Å². The van der Waals surface area contributed by atoms with Crippen molar-refractivity contribution < 1.29 is 14.3 Å². The Hall–Kier alpha value is -2.29. The van der Waals surface area contributed by atoms with Crippen molar-refractivity contribution in [3.8, 4) is 22.6 Å². The highest BCUT2D eigenvalue weighted by Crippen LogP contribution is 2.46. The molecule has 0 spiro atoms. The van der Waals surface area contributed by atoms with E-state index >= 15 is 0 Å². The Morgan fingerprint density at radius 1 is 1.00 bits per heavy atom. The molecule has 1 atom stereocenters. The summed E-state index contributed by atoms with van der Waals surface area (Å²) in [7, 11) is 1.67. The number of rotatable bonds is 3. The van der Waals surface area contributed by atoms with Gasteiger partial charge in [-0.05, 0) is 46.5 Å². The second kappa shape index (κ2) is 4.43. The number of ether oxygens (including phenoxy) is 2. The second-order valence-electron chi connectivity index (χ2n) is 4.64. The molecule has 0 aromatic heterocycles. The molecule has 3 rings (SSSR count). The first kappa shape index (κ1) is 11.8. The molecule has 2 aromatic carbocycles. The van der Waals surface area contributed by atoms with Gasteiger partial charge in [-0.15, -0.1) is 0 Å². The van der Waals surface area contributed by atoms with Gasteiger partial charge in [0.25, 0.3) is 6.47 Å². The first-order valence-corrected chi connectivity index (χ1v) is 6.17. The van der Waals surface area contributed by atoms with E-state index in [0.29, 0.717) is 12.2 Å². The SMILES string of the molecule is COc1ccc2c(c1)C(C)c1cc(OC=O)ccc1-2. The van der Waals surface area contributed by atoms with Gasteiger partial charge in [0.15, 0.2) is 0 Å². The van der Waals surface area contributed by atoms with Crippen LogP contribution in [0.3, 0.4) is 0 Å². The number of benzene rings is 2. The molecule has 1 aliphatic carbocycles. The number of carbonyl (C=O) groups excluding carboxylic acids is 1. The van der Waals surface area contributed by atoms with E-state index in [0.717, 1.165) is 5.75 Å². The first-order chi connectivity index (χ1) is 9.24. The standard InChI is InChI=1S/C16H14O3/c1-10-15-7-11(18-2)3-5-13(15)14-6-4-12(19-9-17)8-16(10)14/h3-10H,1-2H3. The van der Waals surface area contributed by atoms with Crippen LogP contribution in [0.25, 0.3) is 11.1 Å². The summed E-state index contributed by atoms with van der Waals surface area (Å²) in [6.07, 6.45) is 0. The van der Waals surface area contributed by atoms with Crippen molar-refractivity contribution in [2.24, 2.45) is 0 Å². The number of methoxy groups -OCH3 is 1. The monoisotopic (exact) mass is 254 g/mol. The fourth-order valence-electron chi connectivity index (χ4n) is 2.71. The van der Waals surface area contributed by atoms with E-state index in [-0.39, 0.29) is 5.92 Å². The van der Waals surface area contributed by atoms with Gasteiger partial charge in [0.1, 0.15) is 11.5 Å². The van der Waals surface area contributed by atoms with Crippen molar-refractivity contribution in [1.29, 1.82) is 0 Å². The van der Waals surface area contributed by atoms with Crippen molar-refractivity contribution in [2.45, 2.75) is 12.8 Å². The third kappa shape index (κ3) is 1.78. The zero-order valence-electron chi connectivity index (χ0n) is 10.8. The van der Waals surface area contributed by atoms with E-state index in [1.165, 1.54) is 22.3 Å². The molecule has 0 saturated carbocycles. The van der Waals surface area contributed by atoms with Crippen molar-refractivity contribution in [3.63, 3.8) is 0 Å². The molecular formula is C16H14O3. The van der Waals surface area contributed by atoms with Crippen LogP contribution in [0.4, 0.5) is 0 Å². The predicted molar refractivity (Wildman–Crippen MR) is 72.6 cm³/mol. The smallest absolute Gasteiger partial charge is 0.298 e. The number of carbonyl (C=O) groups is 1. The lowest BCUT2D eigenvalue weighted by Crippen LogP contribution is -1.93. The van der Waals surface area contributed by atoms with Crippen molar-refractivity contribution in [3.05, 3.63) is 47.5 Å². The highest BCUT2D eigenvalue weighted by molar-refractivity contribution is 5.80. The molecule has 0 heterocycles. The molecule has 0 N–H and O–H groups in total. The van der Waals surface area contributed by atoms with Crippen LogP contribution in [0.1, 0.15) is 24.0 Å². The summed E-state index contributed by atoms with van der Waals surface area (Å²) in [5.74, 6) is 1.72. The van der Waals surface area contributed by atoms with Gasteiger partial charge in [-0.25, -0.2) is 0 Å². The van der Waals surface area contributed by atoms with Gasteiger partial charge < -0.3 is 9.47 Å². The lowest BCUT2D eigenvalue weighted by Gasteiger charge is -2.08. The highest BCUT2D eigenvalue weighted by atomic mass is 16.5. The third-order valence-electron chi connectivity index (χ3n) is 3.69. The molecule has 0 saturated heterocycles. The van der Waals surface area contributed by atoms with Crippen LogP contribution in [0.5, 0.6) is 11.5 Å². The molecule has 19 heavy (non-hydrogen) atoms. The van der Waals surface area contributed by atoms with Crippen molar-refractivity contribution >= 4 is 6.47 Å². The summed E-state index contributed by atoms with van der Waals surface area (Å²) in [4.78, 5) is 10.4. The van der Waals surface area contributed by atoms with Crippen molar-refractivity contribution in [2.75, 3.05) is 7.11 Å². The van der Waals surface area contributed by atoms with Gasteiger partial charge in [-0.3, -0.25) is 4.79 Å². The van der Waals surface area contributed by atoms with E-state index in [1.54, 1.807) is 7.11 Å². The molecule has 0 bridgehead atoms. The first-order valence-electron chi connectivity index (χ1n) is 6.17. The van der Waals surface area contributed by atoms with Crippen LogP contribution in [0.15, 0.2) is 36.4 Å². The maximum absolute atomic E-state index is 10.4. The van der Waals surface area contributed by atoms with Gasteiger partial charge in [-0.2, -0.15) is 0 Å². The van der Waals surface area contributed by atoms with Gasteiger partial charge in [-0.1, -0.05) is 19.1 Å². The Morgan fingerprint density at radius 3 is 2.16 bits per heavy atom. The number of hydrogen-bond acceptors (Lipinski definition) is 3. The summed E-state index contributed by atoms with van der Waals surface area (Å²) in [5, 5.41) is 0. The van der Waals surface area contributed by atoms with Gasteiger partial charge in [0.2, 0.25) is 0 Å². The van der Waals surface area contributed by atoms with Crippen LogP contribution in [0.2, 0.25) is 0 Å². The van der Waals surface area contributed by atoms with E-state index in [1.807, 2.05) is 24.3 Å².